The van der Waals surface area contributed by atoms with E-state index >= 15 is 0 Å². The van der Waals surface area contributed by atoms with Crippen LogP contribution in [0.1, 0.15) is 25.8 Å². The van der Waals surface area contributed by atoms with E-state index in [9.17, 15) is 23.2 Å². The highest BCUT2D eigenvalue weighted by Crippen LogP contribution is 2.15. The van der Waals surface area contributed by atoms with Crippen LogP contribution < -0.4 is 16.0 Å². The SMILES string of the molecule is CCC(C)C(NC(=O)C(Cc1ccccc1)NC(=O)Nc1ccc(F)cc1F)C(=O)OC. The first-order valence-corrected chi connectivity index (χ1v) is 10.2. The normalized spacial score (nSPS) is 13.4. The van der Waals surface area contributed by atoms with Crippen molar-refractivity contribution < 1.29 is 27.9 Å². The van der Waals surface area contributed by atoms with Gasteiger partial charge in [0.15, 0.2) is 0 Å². The number of hydrogen-bond donors (Lipinski definition) is 3. The van der Waals surface area contributed by atoms with E-state index < -0.39 is 41.6 Å². The zero-order valence-electron chi connectivity index (χ0n) is 18.2. The molecule has 0 radical (unpaired) electrons. The maximum absolute atomic E-state index is 13.9. The predicted molar refractivity (Wildman–Crippen MR) is 116 cm³/mol. The molecular weight excluding hydrogens is 420 g/mol. The first-order chi connectivity index (χ1) is 15.2. The number of methoxy groups -OCH3 is 1. The van der Waals surface area contributed by atoms with Crippen LogP contribution in [-0.4, -0.2) is 37.1 Å². The number of nitrogens with one attached hydrogen (secondary N) is 3. The van der Waals surface area contributed by atoms with Crippen LogP contribution >= 0.6 is 0 Å². The lowest BCUT2D eigenvalue weighted by atomic mass is 9.98. The van der Waals surface area contributed by atoms with E-state index in [-0.39, 0.29) is 18.0 Å². The molecule has 0 aliphatic heterocycles. The smallest absolute Gasteiger partial charge is 0.328 e. The highest BCUT2D eigenvalue weighted by molar-refractivity contribution is 5.95. The second-order valence-corrected chi connectivity index (χ2v) is 7.36. The van der Waals surface area contributed by atoms with Crippen LogP contribution in [0.4, 0.5) is 19.3 Å². The van der Waals surface area contributed by atoms with Gasteiger partial charge in [-0.3, -0.25) is 4.79 Å². The number of rotatable bonds is 9. The van der Waals surface area contributed by atoms with E-state index in [1.54, 1.807) is 31.2 Å². The second kappa shape index (κ2) is 11.8. The Morgan fingerprint density at radius 1 is 1.03 bits per heavy atom. The van der Waals surface area contributed by atoms with Gasteiger partial charge in [-0.2, -0.15) is 0 Å². The zero-order valence-corrected chi connectivity index (χ0v) is 18.2. The number of ether oxygens (including phenoxy) is 1. The summed E-state index contributed by atoms with van der Waals surface area (Å²) in [7, 11) is 1.23. The molecule has 0 aliphatic carbocycles. The molecule has 0 fully saturated rings. The van der Waals surface area contributed by atoms with E-state index in [1.807, 2.05) is 13.0 Å². The molecule has 2 aromatic carbocycles. The van der Waals surface area contributed by atoms with Crippen LogP contribution in [0.2, 0.25) is 0 Å². The molecule has 3 N–H and O–H groups in total. The summed E-state index contributed by atoms with van der Waals surface area (Å²) >= 11 is 0. The standard InChI is InChI=1S/C23H27F2N3O4/c1-4-14(2)20(22(30)32-3)28-21(29)19(12-15-8-6-5-7-9-15)27-23(31)26-18-11-10-16(24)13-17(18)25/h5-11,13-14,19-20H,4,12H2,1-3H3,(H,28,29)(H2,26,27,31). The number of benzene rings is 2. The van der Waals surface area contributed by atoms with Gasteiger partial charge in [0.2, 0.25) is 5.91 Å². The fourth-order valence-electron chi connectivity index (χ4n) is 3.02. The highest BCUT2D eigenvalue weighted by Gasteiger charge is 2.30. The molecule has 32 heavy (non-hydrogen) atoms. The molecule has 0 saturated heterocycles. The molecule has 0 heterocycles. The van der Waals surface area contributed by atoms with Crippen molar-refractivity contribution in [2.24, 2.45) is 5.92 Å². The van der Waals surface area contributed by atoms with Crippen molar-refractivity contribution in [1.82, 2.24) is 10.6 Å². The molecule has 0 spiro atoms. The van der Waals surface area contributed by atoms with Crippen LogP contribution in [-0.2, 0) is 20.7 Å². The third-order valence-electron chi connectivity index (χ3n) is 5.05. The van der Waals surface area contributed by atoms with Crippen molar-refractivity contribution in [2.75, 3.05) is 12.4 Å². The number of carbonyl (C=O) groups excluding carboxylic acids is 3. The Morgan fingerprint density at radius 3 is 2.31 bits per heavy atom. The van der Waals surface area contributed by atoms with Crippen molar-refractivity contribution >= 4 is 23.6 Å². The van der Waals surface area contributed by atoms with E-state index in [4.69, 9.17) is 4.74 Å². The van der Waals surface area contributed by atoms with Crippen LogP contribution in [0, 0.1) is 17.6 Å². The van der Waals surface area contributed by atoms with Gasteiger partial charge >= 0.3 is 12.0 Å². The van der Waals surface area contributed by atoms with Gasteiger partial charge in [-0.1, -0.05) is 50.6 Å². The zero-order chi connectivity index (χ0) is 23.7. The maximum atomic E-state index is 13.9. The third kappa shape index (κ3) is 7.04. The lowest BCUT2D eigenvalue weighted by molar-refractivity contribution is -0.146. The molecule has 0 saturated carbocycles. The fraction of sp³-hybridized carbons (Fsp3) is 0.348. The minimum Gasteiger partial charge on any atom is -0.467 e. The Hall–Kier alpha value is -3.49. The van der Waals surface area contributed by atoms with Crippen LogP contribution in [0.15, 0.2) is 48.5 Å². The second-order valence-electron chi connectivity index (χ2n) is 7.36. The third-order valence-corrected chi connectivity index (χ3v) is 5.05. The monoisotopic (exact) mass is 447 g/mol. The van der Waals surface area contributed by atoms with Gasteiger partial charge in [0.1, 0.15) is 23.7 Å². The predicted octanol–water partition coefficient (Wildman–Crippen LogP) is 3.40. The molecule has 0 aromatic heterocycles. The quantitative estimate of drug-likeness (QED) is 0.514. The fourth-order valence-corrected chi connectivity index (χ4v) is 3.02. The molecule has 9 heteroatoms. The lowest BCUT2D eigenvalue weighted by Gasteiger charge is -2.25. The number of anilines is 1. The topological polar surface area (TPSA) is 96.5 Å². The minimum atomic E-state index is -1.07. The van der Waals surface area contributed by atoms with Crippen molar-refractivity contribution in [1.29, 1.82) is 0 Å². The first-order valence-electron chi connectivity index (χ1n) is 10.2. The Labute approximate surface area is 185 Å². The molecule has 3 unspecified atom stereocenters. The summed E-state index contributed by atoms with van der Waals surface area (Å²) in [5, 5.41) is 7.41. The van der Waals surface area contributed by atoms with Crippen molar-refractivity contribution in [3.63, 3.8) is 0 Å². The molecule has 2 aromatic rings. The summed E-state index contributed by atoms with van der Waals surface area (Å²) in [5.41, 5.74) is 0.522. The van der Waals surface area contributed by atoms with E-state index in [0.717, 1.165) is 17.7 Å². The van der Waals surface area contributed by atoms with Crippen LogP contribution in [0.3, 0.4) is 0 Å². The number of amides is 3. The Morgan fingerprint density at radius 2 is 1.72 bits per heavy atom. The van der Waals surface area contributed by atoms with Crippen molar-refractivity contribution in [3.8, 4) is 0 Å². The van der Waals surface area contributed by atoms with Gasteiger partial charge in [0.25, 0.3) is 0 Å². The molecule has 2 rings (SSSR count). The van der Waals surface area contributed by atoms with Crippen molar-refractivity contribution in [3.05, 3.63) is 65.7 Å². The van der Waals surface area contributed by atoms with E-state index in [2.05, 4.69) is 16.0 Å². The van der Waals surface area contributed by atoms with E-state index in [0.29, 0.717) is 12.5 Å². The van der Waals surface area contributed by atoms with Gasteiger partial charge in [-0.25, -0.2) is 18.4 Å². The number of hydrogen-bond acceptors (Lipinski definition) is 4. The lowest BCUT2D eigenvalue weighted by Crippen LogP contribution is -2.55. The largest absolute Gasteiger partial charge is 0.467 e. The van der Waals surface area contributed by atoms with Crippen LogP contribution in [0.5, 0.6) is 0 Å². The van der Waals surface area contributed by atoms with Gasteiger partial charge in [0, 0.05) is 12.5 Å². The Bertz CT molecular complexity index is 940. The van der Waals surface area contributed by atoms with Crippen molar-refractivity contribution in [2.45, 2.75) is 38.8 Å². The average Bonchev–Trinajstić information content (AvgIpc) is 2.78. The maximum Gasteiger partial charge on any atom is 0.328 e. The average molecular weight is 447 g/mol. The highest BCUT2D eigenvalue weighted by atomic mass is 19.1. The molecule has 0 aliphatic rings. The molecule has 3 amide bonds. The summed E-state index contributed by atoms with van der Waals surface area (Å²) in [5.74, 6) is -3.13. The molecular formula is C23H27F2N3O4. The van der Waals surface area contributed by atoms with Gasteiger partial charge in [0.05, 0.1) is 12.8 Å². The van der Waals surface area contributed by atoms with E-state index in [1.165, 1.54) is 7.11 Å². The molecule has 0 bridgehead atoms. The number of carbonyl (C=O) groups is 3. The van der Waals surface area contributed by atoms with Gasteiger partial charge < -0.3 is 20.7 Å². The number of halogens is 2. The molecule has 7 nitrogen and oxygen atoms in total. The summed E-state index contributed by atoms with van der Waals surface area (Å²) in [6.07, 6.45) is 0.738. The number of esters is 1. The Kier molecular flexibility index (Phi) is 9.12. The summed E-state index contributed by atoms with van der Waals surface area (Å²) in [4.78, 5) is 37.6. The Balaban J connectivity index is 2.19. The summed E-state index contributed by atoms with van der Waals surface area (Å²) < 4.78 is 31.8. The first kappa shape index (κ1) is 24.8. The molecule has 172 valence electrons. The van der Waals surface area contributed by atoms with Crippen LogP contribution in [0.25, 0.3) is 0 Å². The number of urea groups is 1. The molecule has 3 atom stereocenters. The minimum absolute atomic E-state index is 0.125. The van der Waals surface area contributed by atoms with Gasteiger partial charge in [-0.05, 0) is 23.6 Å². The van der Waals surface area contributed by atoms with Gasteiger partial charge in [-0.15, -0.1) is 0 Å². The summed E-state index contributed by atoms with van der Waals surface area (Å²) in [6, 6.07) is 8.84. The summed E-state index contributed by atoms with van der Waals surface area (Å²) in [6.45, 7) is 3.67.